The molecule has 0 atom stereocenters. The van der Waals surface area contributed by atoms with Crippen molar-refractivity contribution >= 4 is 39.4 Å². The van der Waals surface area contributed by atoms with Crippen LogP contribution < -0.4 is 0 Å². The lowest BCUT2D eigenvalue weighted by Crippen LogP contribution is -2.09. The largest absolute Gasteiger partial charge is 0.480 e. The summed E-state index contributed by atoms with van der Waals surface area (Å²) < 4.78 is 1.85. The van der Waals surface area contributed by atoms with Crippen molar-refractivity contribution in [1.29, 1.82) is 0 Å². The molecule has 4 aromatic rings. The Hall–Kier alpha value is -2.85. The number of fused-ring (bicyclic) bond motifs is 2. The minimum Gasteiger partial charge on any atom is -0.480 e. The van der Waals surface area contributed by atoms with E-state index in [9.17, 15) is 9.90 Å². The average Bonchev–Trinajstić information content (AvgIpc) is 2.87. The Kier molecular flexibility index (Phi) is 3.93. The fourth-order valence-electron chi connectivity index (χ4n) is 3.72. The molecule has 0 amide bonds. The maximum Gasteiger partial charge on any atom is 0.323 e. The molecule has 2 aromatic carbocycles. The molecule has 130 valence electrons. The molecule has 0 fully saturated rings. The van der Waals surface area contributed by atoms with Gasteiger partial charge in [-0.15, -0.1) is 0 Å². The van der Waals surface area contributed by atoms with Gasteiger partial charge in [-0.25, -0.2) is 4.98 Å². The molecule has 4 rings (SSSR count). The number of hydrogen-bond acceptors (Lipinski definition) is 2. The Labute approximate surface area is 155 Å². The Morgan fingerprint density at radius 2 is 1.92 bits per heavy atom. The van der Waals surface area contributed by atoms with E-state index in [4.69, 9.17) is 11.6 Å². The van der Waals surface area contributed by atoms with Crippen LogP contribution in [0.5, 0.6) is 0 Å². The van der Waals surface area contributed by atoms with Crippen LogP contribution in [0.3, 0.4) is 0 Å². The van der Waals surface area contributed by atoms with Crippen molar-refractivity contribution in [2.45, 2.75) is 20.4 Å². The molecule has 1 N–H and O–H groups in total. The van der Waals surface area contributed by atoms with Gasteiger partial charge in [0.1, 0.15) is 11.7 Å². The molecule has 2 aromatic heterocycles. The third-order valence-corrected chi connectivity index (χ3v) is 5.00. The minimum absolute atomic E-state index is 0.0808. The zero-order chi connectivity index (χ0) is 18.4. The average molecular weight is 365 g/mol. The van der Waals surface area contributed by atoms with Gasteiger partial charge < -0.3 is 9.67 Å². The maximum atomic E-state index is 11.4. The van der Waals surface area contributed by atoms with E-state index in [0.29, 0.717) is 5.15 Å². The molecule has 0 spiro atoms. The molecule has 0 unspecified atom stereocenters. The summed E-state index contributed by atoms with van der Waals surface area (Å²) in [6.45, 7) is 3.92. The molecule has 0 radical (unpaired) electrons. The lowest BCUT2D eigenvalue weighted by molar-refractivity contribution is -0.137. The Morgan fingerprint density at radius 3 is 2.69 bits per heavy atom. The number of carboxylic acid groups (broad SMARTS) is 1. The van der Waals surface area contributed by atoms with E-state index in [0.717, 1.165) is 44.2 Å². The zero-order valence-electron chi connectivity index (χ0n) is 14.5. The van der Waals surface area contributed by atoms with E-state index in [1.54, 1.807) is 0 Å². The normalized spacial score (nSPS) is 11.3. The van der Waals surface area contributed by atoms with Crippen molar-refractivity contribution in [3.63, 3.8) is 0 Å². The Bertz CT molecular complexity index is 1180. The number of hydrogen-bond donors (Lipinski definition) is 1. The van der Waals surface area contributed by atoms with Crippen molar-refractivity contribution in [3.8, 4) is 11.1 Å². The Morgan fingerprint density at radius 1 is 1.15 bits per heavy atom. The van der Waals surface area contributed by atoms with Crippen LogP contribution in [0.15, 0.2) is 48.5 Å². The van der Waals surface area contributed by atoms with E-state index in [1.165, 1.54) is 0 Å². The van der Waals surface area contributed by atoms with Gasteiger partial charge in [0.25, 0.3) is 0 Å². The van der Waals surface area contributed by atoms with Gasteiger partial charge in [0, 0.05) is 27.5 Å². The third-order valence-electron chi connectivity index (χ3n) is 4.81. The van der Waals surface area contributed by atoms with Gasteiger partial charge in [-0.1, -0.05) is 41.9 Å². The number of carbonyl (C=O) groups is 1. The molecule has 0 aliphatic carbocycles. The standard InChI is InChI=1S/C21H17ClN2O2/c1-12-6-5-9-17-20(12)21(13(2)24(17)11-19(25)26)15-10-18(22)23-16-8-4-3-7-14(15)16/h3-10H,11H2,1-2H3,(H,25,26). The first kappa shape index (κ1) is 16.6. The third kappa shape index (κ3) is 2.54. The second-order valence-corrected chi connectivity index (χ2v) is 6.81. The fourth-order valence-corrected chi connectivity index (χ4v) is 3.92. The number of carboxylic acids is 1. The first-order chi connectivity index (χ1) is 12.5. The summed E-state index contributed by atoms with van der Waals surface area (Å²) in [5.41, 5.74) is 5.73. The van der Waals surface area contributed by atoms with Crippen LogP contribution >= 0.6 is 11.6 Å². The summed E-state index contributed by atoms with van der Waals surface area (Å²) in [6.07, 6.45) is 0. The smallest absolute Gasteiger partial charge is 0.323 e. The van der Waals surface area contributed by atoms with Crippen LogP contribution in [0.25, 0.3) is 32.9 Å². The molecule has 5 heteroatoms. The summed E-state index contributed by atoms with van der Waals surface area (Å²) in [4.78, 5) is 15.8. The summed E-state index contributed by atoms with van der Waals surface area (Å²) in [5.74, 6) is -0.865. The number of aliphatic carboxylic acids is 1. The predicted octanol–water partition coefficient (Wildman–Crippen LogP) is 5.21. The molecular formula is C21H17ClN2O2. The lowest BCUT2D eigenvalue weighted by Gasteiger charge is -2.09. The van der Waals surface area contributed by atoms with Crippen molar-refractivity contribution in [3.05, 3.63) is 64.9 Å². The number of nitrogens with zero attached hydrogens (tertiary/aromatic N) is 2. The molecule has 4 nitrogen and oxygen atoms in total. The summed E-state index contributed by atoms with van der Waals surface area (Å²) in [5, 5.41) is 11.8. The monoisotopic (exact) mass is 364 g/mol. The number of aryl methyl sites for hydroxylation is 1. The van der Waals surface area contributed by atoms with Crippen LogP contribution in [0.1, 0.15) is 11.3 Å². The maximum absolute atomic E-state index is 11.4. The molecule has 2 heterocycles. The van der Waals surface area contributed by atoms with Crippen molar-refractivity contribution in [2.24, 2.45) is 0 Å². The fraction of sp³-hybridized carbons (Fsp3) is 0.143. The summed E-state index contributed by atoms with van der Waals surface area (Å²) >= 11 is 6.30. The number of halogens is 1. The summed E-state index contributed by atoms with van der Waals surface area (Å²) in [6, 6.07) is 15.7. The van der Waals surface area contributed by atoms with Gasteiger partial charge in [-0.2, -0.15) is 0 Å². The lowest BCUT2D eigenvalue weighted by atomic mass is 9.96. The molecule has 0 saturated heterocycles. The Balaban J connectivity index is 2.17. The topological polar surface area (TPSA) is 55.1 Å². The van der Waals surface area contributed by atoms with E-state index in [2.05, 4.69) is 4.98 Å². The van der Waals surface area contributed by atoms with Crippen LogP contribution in [0.2, 0.25) is 5.15 Å². The molecule has 0 saturated carbocycles. The second-order valence-electron chi connectivity index (χ2n) is 6.42. The molecule has 0 bridgehead atoms. The highest BCUT2D eigenvalue weighted by Crippen LogP contribution is 2.40. The highest BCUT2D eigenvalue weighted by molar-refractivity contribution is 6.30. The van der Waals surface area contributed by atoms with Crippen LogP contribution in [-0.2, 0) is 11.3 Å². The minimum atomic E-state index is -0.865. The van der Waals surface area contributed by atoms with Gasteiger partial charge >= 0.3 is 5.97 Å². The number of pyridine rings is 1. The van der Waals surface area contributed by atoms with E-state index in [1.807, 2.05) is 66.9 Å². The van der Waals surface area contributed by atoms with Gasteiger partial charge in [0.2, 0.25) is 0 Å². The molecule has 0 aliphatic rings. The van der Waals surface area contributed by atoms with E-state index >= 15 is 0 Å². The van der Waals surface area contributed by atoms with Gasteiger partial charge in [-0.05, 0) is 43.2 Å². The van der Waals surface area contributed by atoms with E-state index in [-0.39, 0.29) is 6.54 Å². The van der Waals surface area contributed by atoms with Crippen molar-refractivity contribution in [1.82, 2.24) is 9.55 Å². The van der Waals surface area contributed by atoms with Gasteiger partial charge in [0.15, 0.2) is 0 Å². The van der Waals surface area contributed by atoms with Crippen LogP contribution in [0, 0.1) is 13.8 Å². The number of para-hydroxylation sites is 1. The van der Waals surface area contributed by atoms with Crippen LogP contribution in [0.4, 0.5) is 0 Å². The molecular weight excluding hydrogens is 348 g/mol. The summed E-state index contributed by atoms with van der Waals surface area (Å²) in [7, 11) is 0. The highest BCUT2D eigenvalue weighted by atomic mass is 35.5. The molecule has 0 aliphatic heterocycles. The van der Waals surface area contributed by atoms with Crippen molar-refractivity contribution < 1.29 is 9.90 Å². The number of benzene rings is 2. The van der Waals surface area contributed by atoms with Gasteiger partial charge in [-0.3, -0.25) is 4.79 Å². The second kappa shape index (κ2) is 6.15. The van der Waals surface area contributed by atoms with Crippen LogP contribution in [-0.4, -0.2) is 20.6 Å². The van der Waals surface area contributed by atoms with Crippen molar-refractivity contribution in [2.75, 3.05) is 0 Å². The molecule has 26 heavy (non-hydrogen) atoms. The SMILES string of the molecule is Cc1cccc2c1c(-c1cc(Cl)nc3ccccc13)c(C)n2CC(=O)O. The van der Waals surface area contributed by atoms with Gasteiger partial charge in [0.05, 0.1) is 5.52 Å². The zero-order valence-corrected chi connectivity index (χ0v) is 15.2. The predicted molar refractivity (Wildman–Crippen MR) is 105 cm³/mol. The number of aromatic nitrogens is 2. The highest BCUT2D eigenvalue weighted by Gasteiger charge is 2.20. The number of rotatable bonds is 3. The quantitative estimate of drug-likeness (QED) is 0.507. The van der Waals surface area contributed by atoms with E-state index < -0.39 is 5.97 Å². The first-order valence-electron chi connectivity index (χ1n) is 8.33. The first-order valence-corrected chi connectivity index (χ1v) is 8.71.